The summed E-state index contributed by atoms with van der Waals surface area (Å²) in [5, 5.41) is 0. The summed E-state index contributed by atoms with van der Waals surface area (Å²) in [6.45, 7) is 2.29. The SMILES string of the molecule is Cc1ccc(/C=C2/Oc3ccc(N)cc3N(Cc3ccc(F)cc3)C2=O)cc1. The lowest BCUT2D eigenvalue weighted by Crippen LogP contribution is -2.36. The van der Waals surface area contributed by atoms with E-state index in [0.717, 1.165) is 16.7 Å². The predicted molar refractivity (Wildman–Crippen MR) is 108 cm³/mol. The lowest BCUT2D eigenvalue weighted by molar-refractivity contribution is -0.117. The Morgan fingerprint density at radius 3 is 2.46 bits per heavy atom. The van der Waals surface area contributed by atoms with Crippen LogP contribution in [0.1, 0.15) is 16.7 Å². The van der Waals surface area contributed by atoms with E-state index in [1.165, 1.54) is 12.1 Å². The summed E-state index contributed by atoms with van der Waals surface area (Å²) in [4.78, 5) is 14.8. The van der Waals surface area contributed by atoms with E-state index in [2.05, 4.69) is 0 Å². The standard InChI is InChI=1S/C23H19FN2O2/c1-15-2-4-16(5-3-15)12-22-23(27)26(14-17-6-8-18(24)9-7-17)20-13-19(25)10-11-21(20)28-22/h2-13H,14,25H2,1H3/b22-12+. The van der Waals surface area contributed by atoms with Gasteiger partial charge in [-0.25, -0.2) is 4.39 Å². The second-order valence-electron chi connectivity index (χ2n) is 6.77. The van der Waals surface area contributed by atoms with E-state index < -0.39 is 0 Å². The molecule has 1 heterocycles. The number of hydrogen-bond donors (Lipinski definition) is 1. The van der Waals surface area contributed by atoms with Gasteiger partial charge in [-0.1, -0.05) is 42.0 Å². The summed E-state index contributed by atoms with van der Waals surface area (Å²) in [6, 6.07) is 19.1. The molecule has 2 N–H and O–H groups in total. The zero-order chi connectivity index (χ0) is 19.7. The number of nitrogens with zero attached hydrogens (tertiary/aromatic N) is 1. The van der Waals surface area contributed by atoms with Crippen LogP contribution in [0, 0.1) is 12.7 Å². The lowest BCUT2D eigenvalue weighted by atomic mass is 10.1. The molecule has 4 rings (SSSR count). The fourth-order valence-corrected chi connectivity index (χ4v) is 3.07. The summed E-state index contributed by atoms with van der Waals surface area (Å²) in [6.07, 6.45) is 1.72. The van der Waals surface area contributed by atoms with E-state index >= 15 is 0 Å². The number of hydrogen-bond acceptors (Lipinski definition) is 3. The van der Waals surface area contributed by atoms with Crippen LogP contribution in [0.15, 0.2) is 72.5 Å². The molecule has 28 heavy (non-hydrogen) atoms. The molecule has 0 saturated heterocycles. The molecule has 0 saturated carbocycles. The summed E-state index contributed by atoms with van der Waals surface area (Å²) in [5.41, 5.74) is 9.85. The Hall–Kier alpha value is -3.60. The minimum absolute atomic E-state index is 0.225. The van der Waals surface area contributed by atoms with Crippen LogP contribution in [0.2, 0.25) is 0 Å². The number of nitrogens with two attached hydrogens (primary N) is 1. The third-order valence-corrected chi connectivity index (χ3v) is 4.58. The molecule has 0 spiro atoms. The van der Waals surface area contributed by atoms with Gasteiger partial charge >= 0.3 is 0 Å². The number of aryl methyl sites for hydroxylation is 1. The average Bonchev–Trinajstić information content (AvgIpc) is 2.69. The van der Waals surface area contributed by atoms with Gasteiger partial charge in [0, 0.05) is 5.69 Å². The highest BCUT2D eigenvalue weighted by atomic mass is 19.1. The summed E-state index contributed by atoms with van der Waals surface area (Å²) in [5.74, 6) is 0.183. The Kier molecular flexibility index (Phi) is 4.57. The highest BCUT2D eigenvalue weighted by molar-refractivity contribution is 6.10. The van der Waals surface area contributed by atoms with Crippen molar-refractivity contribution in [3.05, 3.63) is 95.0 Å². The average molecular weight is 374 g/mol. The van der Waals surface area contributed by atoms with Crippen molar-refractivity contribution in [3.8, 4) is 5.75 Å². The first-order valence-corrected chi connectivity index (χ1v) is 8.92. The number of benzene rings is 3. The van der Waals surface area contributed by atoms with Gasteiger partial charge in [0.25, 0.3) is 5.91 Å². The predicted octanol–water partition coefficient (Wildman–Crippen LogP) is 4.68. The normalized spacial score (nSPS) is 14.7. The van der Waals surface area contributed by atoms with E-state index in [1.54, 1.807) is 41.3 Å². The van der Waals surface area contributed by atoms with Crippen LogP contribution >= 0.6 is 0 Å². The van der Waals surface area contributed by atoms with Crippen molar-refractivity contribution in [1.29, 1.82) is 0 Å². The molecule has 140 valence electrons. The molecule has 0 atom stereocenters. The Morgan fingerprint density at radius 1 is 1.04 bits per heavy atom. The number of amides is 1. The van der Waals surface area contributed by atoms with Crippen molar-refractivity contribution < 1.29 is 13.9 Å². The van der Waals surface area contributed by atoms with Gasteiger partial charge in [0.2, 0.25) is 0 Å². The molecule has 0 radical (unpaired) electrons. The number of carbonyl (C=O) groups is 1. The van der Waals surface area contributed by atoms with Crippen molar-refractivity contribution in [2.45, 2.75) is 13.5 Å². The highest BCUT2D eigenvalue weighted by Gasteiger charge is 2.30. The molecular formula is C23H19FN2O2. The van der Waals surface area contributed by atoms with E-state index in [0.29, 0.717) is 17.1 Å². The Balaban J connectivity index is 1.74. The van der Waals surface area contributed by atoms with Crippen molar-refractivity contribution >= 4 is 23.4 Å². The van der Waals surface area contributed by atoms with Crippen molar-refractivity contribution in [2.24, 2.45) is 0 Å². The third kappa shape index (κ3) is 3.60. The number of ether oxygens (including phenoxy) is 1. The van der Waals surface area contributed by atoms with Crippen molar-refractivity contribution in [2.75, 3.05) is 10.6 Å². The van der Waals surface area contributed by atoms with Crippen LogP contribution in [-0.4, -0.2) is 5.91 Å². The molecule has 5 heteroatoms. The van der Waals surface area contributed by atoms with Gasteiger partial charge < -0.3 is 10.5 Å². The fraction of sp³-hybridized carbons (Fsp3) is 0.0870. The van der Waals surface area contributed by atoms with Crippen LogP contribution < -0.4 is 15.4 Å². The molecule has 0 bridgehead atoms. The number of anilines is 2. The summed E-state index contributed by atoms with van der Waals surface area (Å²) < 4.78 is 19.1. The molecule has 0 aliphatic carbocycles. The Bertz CT molecular complexity index is 1060. The maximum absolute atomic E-state index is 13.2. The van der Waals surface area contributed by atoms with Gasteiger partial charge in [-0.3, -0.25) is 9.69 Å². The first-order chi connectivity index (χ1) is 13.5. The molecule has 3 aromatic rings. The van der Waals surface area contributed by atoms with Crippen LogP contribution in [0.4, 0.5) is 15.8 Å². The van der Waals surface area contributed by atoms with Gasteiger partial charge in [0.1, 0.15) is 5.82 Å². The molecular weight excluding hydrogens is 355 g/mol. The smallest absolute Gasteiger partial charge is 0.294 e. The van der Waals surface area contributed by atoms with E-state index in [-0.39, 0.29) is 24.0 Å². The van der Waals surface area contributed by atoms with Crippen LogP contribution in [-0.2, 0) is 11.3 Å². The maximum Gasteiger partial charge on any atom is 0.294 e. The highest BCUT2D eigenvalue weighted by Crippen LogP contribution is 2.38. The number of rotatable bonds is 3. The van der Waals surface area contributed by atoms with Crippen LogP contribution in [0.3, 0.4) is 0 Å². The topological polar surface area (TPSA) is 55.6 Å². The second kappa shape index (κ2) is 7.19. The van der Waals surface area contributed by atoms with Gasteiger partial charge in [-0.2, -0.15) is 0 Å². The minimum Gasteiger partial charge on any atom is -0.449 e. The molecule has 1 aliphatic heterocycles. The quantitative estimate of drug-likeness (QED) is 0.535. The molecule has 4 nitrogen and oxygen atoms in total. The maximum atomic E-state index is 13.2. The monoisotopic (exact) mass is 374 g/mol. The number of fused-ring (bicyclic) bond motifs is 1. The zero-order valence-corrected chi connectivity index (χ0v) is 15.4. The molecule has 1 aliphatic rings. The summed E-state index contributed by atoms with van der Waals surface area (Å²) in [7, 11) is 0. The number of halogens is 1. The molecule has 3 aromatic carbocycles. The lowest BCUT2D eigenvalue weighted by Gasteiger charge is -2.31. The van der Waals surface area contributed by atoms with E-state index in [9.17, 15) is 9.18 Å². The van der Waals surface area contributed by atoms with Crippen molar-refractivity contribution in [3.63, 3.8) is 0 Å². The number of nitrogen functional groups attached to an aromatic ring is 1. The second-order valence-corrected chi connectivity index (χ2v) is 6.77. The number of carbonyl (C=O) groups excluding carboxylic acids is 1. The van der Waals surface area contributed by atoms with Crippen LogP contribution in [0.5, 0.6) is 5.75 Å². The molecule has 1 amide bonds. The summed E-state index contributed by atoms with van der Waals surface area (Å²) >= 11 is 0. The first-order valence-electron chi connectivity index (χ1n) is 8.92. The van der Waals surface area contributed by atoms with Gasteiger partial charge in [0.15, 0.2) is 11.5 Å². The first kappa shape index (κ1) is 17.8. The fourth-order valence-electron chi connectivity index (χ4n) is 3.07. The van der Waals surface area contributed by atoms with E-state index in [1.807, 2.05) is 31.2 Å². The van der Waals surface area contributed by atoms with Gasteiger partial charge in [0.05, 0.1) is 12.2 Å². The Labute approximate surface area is 162 Å². The van der Waals surface area contributed by atoms with E-state index in [4.69, 9.17) is 10.5 Å². The van der Waals surface area contributed by atoms with Crippen molar-refractivity contribution in [1.82, 2.24) is 0 Å². The molecule has 0 unspecified atom stereocenters. The van der Waals surface area contributed by atoms with Gasteiger partial charge in [-0.15, -0.1) is 0 Å². The minimum atomic E-state index is -0.318. The Morgan fingerprint density at radius 2 is 1.75 bits per heavy atom. The third-order valence-electron chi connectivity index (χ3n) is 4.58. The largest absolute Gasteiger partial charge is 0.449 e. The van der Waals surface area contributed by atoms with Crippen LogP contribution in [0.25, 0.3) is 6.08 Å². The molecule has 0 fully saturated rings. The molecule has 0 aromatic heterocycles. The van der Waals surface area contributed by atoms with Gasteiger partial charge in [-0.05, 0) is 54.5 Å². The zero-order valence-electron chi connectivity index (χ0n) is 15.4.